The zero-order valence-electron chi connectivity index (χ0n) is 15.7. The van der Waals surface area contributed by atoms with Crippen LogP contribution in [0.2, 0.25) is 0 Å². The van der Waals surface area contributed by atoms with Gasteiger partial charge in [0.05, 0.1) is 6.61 Å². The van der Waals surface area contributed by atoms with E-state index in [1.165, 1.54) is 0 Å². The molecule has 0 saturated carbocycles. The molecule has 1 heterocycles. The van der Waals surface area contributed by atoms with Crippen LogP contribution in [0.4, 0.5) is 5.69 Å². The van der Waals surface area contributed by atoms with E-state index in [2.05, 4.69) is 10.6 Å². The highest BCUT2D eigenvalue weighted by Crippen LogP contribution is 2.16. The summed E-state index contributed by atoms with van der Waals surface area (Å²) in [6.45, 7) is 4.05. The fourth-order valence-electron chi connectivity index (χ4n) is 3.03. The molecule has 2 amide bonds. The van der Waals surface area contributed by atoms with Crippen molar-refractivity contribution in [3.8, 4) is 5.75 Å². The average Bonchev–Trinajstić information content (AvgIpc) is 3.23. The molecule has 28 heavy (non-hydrogen) atoms. The maximum Gasteiger partial charge on any atom is 0.257 e. The zero-order valence-corrected chi connectivity index (χ0v) is 16.6. The summed E-state index contributed by atoms with van der Waals surface area (Å²) in [5.74, 6) is 0.362. The lowest BCUT2D eigenvalue weighted by Gasteiger charge is -2.15. The SMILES string of the molecule is CCOc1cccc(C(=O)NC(=S)Nc2ccc(C(=O)N3CCCC3)cc2)c1. The third-order valence-corrected chi connectivity index (χ3v) is 4.62. The summed E-state index contributed by atoms with van der Waals surface area (Å²) in [5, 5.41) is 5.79. The first-order chi connectivity index (χ1) is 13.6. The number of carbonyl (C=O) groups excluding carboxylic acids is 2. The van der Waals surface area contributed by atoms with E-state index >= 15 is 0 Å². The Hall–Kier alpha value is -2.93. The molecule has 2 aromatic rings. The van der Waals surface area contributed by atoms with E-state index in [1.807, 2.05) is 11.8 Å². The predicted molar refractivity (Wildman–Crippen MR) is 113 cm³/mol. The van der Waals surface area contributed by atoms with Gasteiger partial charge < -0.3 is 15.0 Å². The molecule has 1 aliphatic rings. The standard InChI is InChI=1S/C21H23N3O3S/c1-2-27-18-7-5-6-16(14-18)19(25)23-21(28)22-17-10-8-15(9-11-17)20(26)24-12-3-4-13-24/h5-11,14H,2-4,12-13H2,1H3,(H2,22,23,25,28). The maximum absolute atomic E-state index is 12.4. The Bertz CT molecular complexity index is 861. The topological polar surface area (TPSA) is 70.7 Å². The molecule has 6 nitrogen and oxygen atoms in total. The van der Waals surface area contributed by atoms with Crippen LogP contribution in [0.1, 0.15) is 40.5 Å². The molecule has 0 radical (unpaired) electrons. The molecule has 0 atom stereocenters. The summed E-state index contributed by atoms with van der Waals surface area (Å²) in [4.78, 5) is 26.6. The van der Waals surface area contributed by atoms with Crippen molar-refractivity contribution in [1.82, 2.24) is 10.2 Å². The number of thiocarbonyl (C=S) groups is 1. The second-order valence-corrected chi connectivity index (χ2v) is 6.85. The monoisotopic (exact) mass is 397 g/mol. The van der Waals surface area contributed by atoms with Gasteiger partial charge in [0.15, 0.2) is 5.11 Å². The smallest absolute Gasteiger partial charge is 0.257 e. The summed E-state index contributed by atoms with van der Waals surface area (Å²) in [6.07, 6.45) is 2.12. The summed E-state index contributed by atoms with van der Waals surface area (Å²) in [7, 11) is 0. The van der Waals surface area contributed by atoms with Gasteiger partial charge in [-0.25, -0.2) is 0 Å². The first-order valence-electron chi connectivity index (χ1n) is 9.31. The van der Waals surface area contributed by atoms with Gasteiger partial charge in [-0.3, -0.25) is 14.9 Å². The van der Waals surface area contributed by atoms with Crippen molar-refractivity contribution in [1.29, 1.82) is 0 Å². The molecule has 146 valence electrons. The van der Waals surface area contributed by atoms with Crippen molar-refractivity contribution in [3.63, 3.8) is 0 Å². The third kappa shape index (κ3) is 5.07. The van der Waals surface area contributed by atoms with Gasteiger partial charge in [-0.05, 0) is 74.4 Å². The Morgan fingerprint density at radius 2 is 1.79 bits per heavy atom. The van der Waals surface area contributed by atoms with Gasteiger partial charge >= 0.3 is 0 Å². The Labute approximate surface area is 169 Å². The van der Waals surface area contributed by atoms with Gasteiger partial charge in [0, 0.05) is 29.9 Å². The summed E-state index contributed by atoms with van der Waals surface area (Å²) in [5.41, 5.74) is 1.81. The third-order valence-electron chi connectivity index (χ3n) is 4.42. The van der Waals surface area contributed by atoms with Crippen LogP contribution in [0.5, 0.6) is 5.75 Å². The Morgan fingerprint density at radius 3 is 2.46 bits per heavy atom. The van der Waals surface area contributed by atoms with Crippen molar-refractivity contribution in [2.45, 2.75) is 19.8 Å². The van der Waals surface area contributed by atoms with Crippen LogP contribution in [-0.4, -0.2) is 41.5 Å². The fraction of sp³-hybridized carbons (Fsp3) is 0.286. The lowest BCUT2D eigenvalue weighted by Crippen LogP contribution is -2.34. The molecule has 7 heteroatoms. The number of carbonyl (C=O) groups is 2. The van der Waals surface area contributed by atoms with Crippen LogP contribution in [0, 0.1) is 0 Å². The Kier molecular flexibility index (Phi) is 6.60. The molecular weight excluding hydrogens is 374 g/mol. The number of nitrogens with zero attached hydrogens (tertiary/aromatic N) is 1. The number of likely N-dealkylation sites (tertiary alicyclic amines) is 1. The zero-order chi connectivity index (χ0) is 19.9. The second kappa shape index (κ2) is 9.32. The highest BCUT2D eigenvalue weighted by molar-refractivity contribution is 7.80. The number of anilines is 1. The minimum absolute atomic E-state index is 0.0501. The number of nitrogens with one attached hydrogen (secondary N) is 2. The molecule has 0 aromatic heterocycles. The Balaban J connectivity index is 1.56. The van der Waals surface area contributed by atoms with Crippen LogP contribution in [0.15, 0.2) is 48.5 Å². The van der Waals surface area contributed by atoms with Gasteiger partial charge in [0.25, 0.3) is 11.8 Å². The van der Waals surface area contributed by atoms with Crippen LogP contribution in [0.3, 0.4) is 0 Å². The van der Waals surface area contributed by atoms with Gasteiger partial charge in [0.1, 0.15) is 5.75 Å². The molecule has 1 saturated heterocycles. The first kappa shape index (κ1) is 19.8. The molecule has 1 aliphatic heterocycles. The predicted octanol–water partition coefficient (Wildman–Crippen LogP) is 3.45. The minimum atomic E-state index is -0.320. The number of amides is 2. The van der Waals surface area contributed by atoms with E-state index in [0.29, 0.717) is 29.2 Å². The van der Waals surface area contributed by atoms with Crippen molar-refractivity contribution >= 4 is 34.8 Å². The van der Waals surface area contributed by atoms with Crippen LogP contribution < -0.4 is 15.4 Å². The number of hydrogen-bond donors (Lipinski definition) is 2. The molecule has 2 aromatic carbocycles. The fourth-order valence-corrected chi connectivity index (χ4v) is 3.24. The van der Waals surface area contributed by atoms with Gasteiger partial charge in [0.2, 0.25) is 0 Å². The van der Waals surface area contributed by atoms with Crippen molar-refractivity contribution < 1.29 is 14.3 Å². The minimum Gasteiger partial charge on any atom is -0.494 e. The number of ether oxygens (including phenoxy) is 1. The van der Waals surface area contributed by atoms with Gasteiger partial charge in [-0.2, -0.15) is 0 Å². The maximum atomic E-state index is 12.4. The van der Waals surface area contributed by atoms with Crippen molar-refractivity contribution in [3.05, 3.63) is 59.7 Å². The largest absolute Gasteiger partial charge is 0.494 e. The average molecular weight is 398 g/mol. The van der Waals surface area contributed by atoms with E-state index in [-0.39, 0.29) is 16.9 Å². The molecule has 2 N–H and O–H groups in total. The first-order valence-corrected chi connectivity index (χ1v) is 9.72. The summed E-state index contributed by atoms with van der Waals surface area (Å²) < 4.78 is 5.41. The normalized spacial score (nSPS) is 13.1. The van der Waals surface area contributed by atoms with E-state index in [4.69, 9.17) is 17.0 Å². The number of benzene rings is 2. The highest BCUT2D eigenvalue weighted by atomic mass is 32.1. The molecule has 0 bridgehead atoms. The second-order valence-electron chi connectivity index (χ2n) is 6.45. The number of hydrogen-bond acceptors (Lipinski definition) is 4. The molecule has 0 spiro atoms. The van der Waals surface area contributed by atoms with Crippen molar-refractivity contribution in [2.24, 2.45) is 0 Å². The van der Waals surface area contributed by atoms with Crippen LogP contribution in [-0.2, 0) is 0 Å². The van der Waals surface area contributed by atoms with E-state index in [1.54, 1.807) is 48.5 Å². The molecule has 3 rings (SSSR count). The lowest BCUT2D eigenvalue weighted by molar-refractivity contribution is 0.0792. The summed E-state index contributed by atoms with van der Waals surface area (Å²) in [6, 6.07) is 14.0. The molecular formula is C21H23N3O3S. The molecule has 0 unspecified atom stereocenters. The van der Waals surface area contributed by atoms with Crippen LogP contribution >= 0.6 is 12.2 Å². The van der Waals surface area contributed by atoms with Crippen molar-refractivity contribution in [2.75, 3.05) is 25.0 Å². The van der Waals surface area contributed by atoms with E-state index in [9.17, 15) is 9.59 Å². The van der Waals surface area contributed by atoms with Crippen LogP contribution in [0.25, 0.3) is 0 Å². The highest BCUT2D eigenvalue weighted by Gasteiger charge is 2.19. The summed E-state index contributed by atoms with van der Waals surface area (Å²) >= 11 is 5.22. The van der Waals surface area contributed by atoms with E-state index in [0.717, 1.165) is 25.9 Å². The number of rotatable bonds is 5. The van der Waals surface area contributed by atoms with E-state index < -0.39 is 0 Å². The molecule has 1 fully saturated rings. The van der Waals surface area contributed by atoms with Gasteiger partial charge in [-0.15, -0.1) is 0 Å². The molecule has 0 aliphatic carbocycles. The van der Waals surface area contributed by atoms with Gasteiger partial charge in [-0.1, -0.05) is 6.07 Å². The lowest BCUT2D eigenvalue weighted by atomic mass is 10.2. The Morgan fingerprint density at radius 1 is 1.07 bits per heavy atom. The quantitative estimate of drug-likeness (QED) is 0.757.